The fraction of sp³-hybridized carbons (Fsp3) is 1.00. The minimum Gasteiger partial charge on any atom is -0.394 e. The van der Waals surface area contributed by atoms with Crippen LogP contribution in [0.2, 0.25) is 0 Å². The van der Waals surface area contributed by atoms with Crippen LogP contribution in [0.5, 0.6) is 0 Å². The van der Waals surface area contributed by atoms with Crippen molar-refractivity contribution in [3.05, 3.63) is 0 Å². The third-order valence-electron chi connectivity index (χ3n) is 1.48. The van der Waals surface area contributed by atoms with Crippen LogP contribution < -0.4 is 5.32 Å². The zero-order chi connectivity index (χ0) is 8.69. The smallest absolute Gasteiger partial charge is 0.0795 e. The molecule has 0 saturated heterocycles. The minimum atomic E-state index is -0.790. The predicted molar refractivity (Wildman–Crippen MR) is 42.3 cm³/mol. The Morgan fingerprint density at radius 1 is 1.27 bits per heavy atom. The van der Waals surface area contributed by atoms with Crippen LogP contribution >= 0.6 is 0 Å². The summed E-state index contributed by atoms with van der Waals surface area (Å²) in [6.07, 6.45) is -0.461. The van der Waals surface area contributed by atoms with Crippen LogP contribution in [0.25, 0.3) is 0 Å². The van der Waals surface area contributed by atoms with E-state index < -0.39 is 12.2 Å². The van der Waals surface area contributed by atoms with Gasteiger partial charge in [-0.2, -0.15) is 0 Å². The monoisotopic (exact) mass is 163 g/mol. The van der Waals surface area contributed by atoms with Crippen LogP contribution in [-0.4, -0.2) is 47.7 Å². The van der Waals surface area contributed by atoms with E-state index in [0.29, 0.717) is 6.42 Å². The van der Waals surface area contributed by atoms with Gasteiger partial charge in [0.25, 0.3) is 0 Å². The molecular weight excluding hydrogens is 146 g/mol. The highest BCUT2D eigenvalue weighted by molar-refractivity contribution is 4.62. The first kappa shape index (κ1) is 10.8. The minimum absolute atomic E-state index is 0.248. The molecule has 4 N–H and O–H groups in total. The number of aliphatic hydroxyl groups excluding tert-OH is 3. The number of nitrogens with one attached hydrogen (secondary N) is 1. The third-order valence-corrected chi connectivity index (χ3v) is 1.48. The van der Waals surface area contributed by atoms with Crippen LogP contribution in [0, 0.1) is 0 Å². The van der Waals surface area contributed by atoms with Gasteiger partial charge in [-0.15, -0.1) is 0 Å². The molecule has 0 aliphatic rings. The summed E-state index contributed by atoms with van der Waals surface area (Å²) in [7, 11) is 1.80. The fourth-order valence-electron chi connectivity index (χ4n) is 0.817. The zero-order valence-corrected chi connectivity index (χ0v) is 6.82. The lowest BCUT2D eigenvalue weighted by atomic mass is 10.1. The first-order valence-corrected chi connectivity index (χ1v) is 3.82. The van der Waals surface area contributed by atoms with E-state index >= 15 is 0 Å². The van der Waals surface area contributed by atoms with Gasteiger partial charge in [0, 0.05) is 6.42 Å². The maximum Gasteiger partial charge on any atom is 0.0795 e. The van der Waals surface area contributed by atoms with Gasteiger partial charge in [-0.25, -0.2) is 0 Å². The Balaban J connectivity index is 3.27. The molecule has 68 valence electrons. The predicted octanol–water partition coefficient (Wildman–Crippen LogP) is -1.30. The van der Waals surface area contributed by atoms with Gasteiger partial charge in [0.15, 0.2) is 0 Å². The highest BCUT2D eigenvalue weighted by Crippen LogP contribution is 2.00. The number of aliphatic hydroxyl groups is 3. The summed E-state index contributed by atoms with van der Waals surface area (Å²) in [6.45, 7) is 0.440. The average molecular weight is 163 g/mol. The van der Waals surface area contributed by atoms with Crippen molar-refractivity contribution < 1.29 is 15.3 Å². The zero-order valence-electron chi connectivity index (χ0n) is 6.82. The van der Waals surface area contributed by atoms with E-state index in [-0.39, 0.29) is 13.0 Å². The van der Waals surface area contributed by atoms with Gasteiger partial charge in [-0.1, -0.05) is 0 Å². The molecule has 0 heterocycles. The normalized spacial score (nSPS) is 16.4. The largest absolute Gasteiger partial charge is 0.394 e. The van der Waals surface area contributed by atoms with Crippen molar-refractivity contribution in [2.24, 2.45) is 0 Å². The molecule has 1 unspecified atom stereocenters. The molecule has 0 fully saturated rings. The van der Waals surface area contributed by atoms with E-state index in [1.807, 2.05) is 0 Å². The molecule has 0 aliphatic heterocycles. The van der Waals surface area contributed by atoms with E-state index in [1.165, 1.54) is 0 Å². The second-order valence-corrected chi connectivity index (χ2v) is 2.62. The molecule has 0 aromatic carbocycles. The fourth-order valence-corrected chi connectivity index (χ4v) is 0.817. The maximum atomic E-state index is 9.17. The summed E-state index contributed by atoms with van der Waals surface area (Å²) >= 11 is 0. The molecule has 0 bridgehead atoms. The number of rotatable bonds is 6. The number of hydrogen-bond acceptors (Lipinski definition) is 4. The van der Waals surface area contributed by atoms with Crippen molar-refractivity contribution in [3.63, 3.8) is 0 Å². The second kappa shape index (κ2) is 6.54. The van der Waals surface area contributed by atoms with Gasteiger partial charge in [0.2, 0.25) is 0 Å². The van der Waals surface area contributed by atoms with Crippen LogP contribution in [0.4, 0.5) is 0 Å². The average Bonchev–Trinajstić information content (AvgIpc) is 2.00. The quantitative estimate of drug-likeness (QED) is 0.393. The molecule has 0 rings (SSSR count). The van der Waals surface area contributed by atoms with Crippen molar-refractivity contribution in [1.29, 1.82) is 0 Å². The SMILES string of the molecule is CNCC[C@@H](O)CC(O)CO. The molecule has 11 heavy (non-hydrogen) atoms. The second-order valence-electron chi connectivity index (χ2n) is 2.62. The van der Waals surface area contributed by atoms with E-state index in [9.17, 15) is 5.11 Å². The van der Waals surface area contributed by atoms with Crippen LogP contribution in [0.3, 0.4) is 0 Å². The molecular formula is C7H17NO3. The highest BCUT2D eigenvalue weighted by Gasteiger charge is 2.09. The summed E-state index contributed by atoms with van der Waals surface area (Å²) in [5.74, 6) is 0. The van der Waals surface area contributed by atoms with E-state index in [4.69, 9.17) is 10.2 Å². The first-order valence-electron chi connectivity index (χ1n) is 3.82. The molecule has 0 radical (unpaired) electrons. The number of hydrogen-bond donors (Lipinski definition) is 4. The third kappa shape index (κ3) is 6.25. The summed E-state index contributed by atoms with van der Waals surface area (Å²) in [4.78, 5) is 0. The molecule has 0 spiro atoms. The van der Waals surface area contributed by atoms with E-state index in [2.05, 4.69) is 5.32 Å². The molecule has 0 aromatic heterocycles. The molecule has 0 amide bonds. The van der Waals surface area contributed by atoms with E-state index in [1.54, 1.807) is 7.05 Å². The summed E-state index contributed by atoms with van der Waals surface area (Å²) < 4.78 is 0. The van der Waals surface area contributed by atoms with Gasteiger partial charge in [-0.05, 0) is 20.0 Å². The highest BCUT2D eigenvalue weighted by atomic mass is 16.3. The van der Waals surface area contributed by atoms with Gasteiger partial charge in [-0.3, -0.25) is 0 Å². The van der Waals surface area contributed by atoms with Gasteiger partial charge in [0.1, 0.15) is 0 Å². The lowest BCUT2D eigenvalue weighted by Gasteiger charge is -2.12. The summed E-state index contributed by atoms with van der Waals surface area (Å²) in [6, 6.07) is 0. The Kier molecular flexibility index (Phi) is 6.45. The van der Waals surface area contributed by atoms with Crippen molar-refractivity contribution in [2.75, 3.05) is 20.2 Å². The van der Waals surface area contributed by atoms with Crippen molar-refractivity contribution in [2.45, 2.75) is 25.0 Å². The van der Waals surface area contributed by atoms with E-state index in [0.717, 1.165) is 6.54 Å². The van der Waals surface area contributed by atoms with Crippen LogP contribution in [0.1, 0.15) is 12.8 Å². The van der Waals surface area contributed by atoms with Crippen LogP contribution in [-0.2, 0) is 0 Å². The van der Waals surface area contributed by atoms with Crippen molar-refractivity contribution in [3.8, 4) is 0 Å². The maximum absolute atomic E-state index is 9.17. The van der Waals surface area contributed by atoms with Crippen molar-refractivity contribution in [1.82, 2.24) is 5.32 Å². The molecule has 4 nitrogen and oxygen atoms in total. The molecule has 4 heteroatoms. The first-order chi connectivity index (χ1) is 5.20. The molecule has 0 aliphatic carbocycles. The van der Waals surface area contributed by atoms with Crippen molar-refractivity contribution >= 4 is 0 Å². The van der Waals surface area contributed by atoms with Gasteiger partial charge < -0.3 is 20.6 Å². The Morgan fingerprint density at radius 2 is 1.91 bits per heavy atom. The summed E-state index contributed by atoms with van der Waals surface area (Å²) in [5, 5.41) is 29.4. The standard InChI is InChI=1S/C7H17NO3/c1-8-3-2-6(10)4-7(11)5-9/h6-11H,2-5H2,1H3/t6-,7?/m1/s1. The lowest BCUT2D eigenvalue weighted by Crippen LogP contribution is -2.23. The molecule has 0 aromatic rings. The lowest BCUT2D eigenvalue weighted by molar-refractivity contribution is 0.0392. The Bertz CT molecular complexity index is 89.8. The summed E-state index contributed by atoms with van der Waals surface area (Å²) in [5.41, 5.74) is 0. The topological polar surface area (TPSA) is 72.7 Å². The molecule has 2 atom stereocenters. The van der Waals surface area contributed by atoms with Gasteiger partial charge >= 0.3 is 0 Å². The van der Waals surface area contributed by atoms with Gasteiger partial charge in [0.05, 0.1) is 18.8 Å². The Hall–Kier alpha value is -0.160. The van der Waals surface area contributed by atoms with Crippen LogP contribution in [0.15, 0.2) is 0 Å². The molecule has 0 saturated carbocycles. The Labute approximate surface area is 66.9 Å². The Morgan fingerprint density at radius 3 is 2.36 bits per heavy atom.